The molecule has 2 fully saturated rings. The third-order valence-corrected chi connectivity index (χ3v) is 5.76. The van der Waals surface area contributed by atoms with E-state index in [1.54, 1.807) is 4.31 Å². The van der Waals surface area contributed by atoms with Gasteiger partial charge in [0.1, 0.15) is 0 Å². The highest BCUT2D eigenvalue weighted by Gasteiger charge is 2.34. The number of ether oxygens (including phenoxy) is 1. The van der Waals surface area contributed by atoms with E-state index in [0.717, 1.165) is 12.8 Å². The van der Waals surface area contributed by atoms with Crippen LogP contribution in [0.3, 0.4) is 0 Å². The summed E-state index contributed by atoms with van der Waals surface area (Å²) >= 11 is 5.83. The molecule has 0 aromatic carbocycles. The quantitative estimate of drug-likeness (QED) is 0.709. The highest BCUT2D eigenvalue weighted by molar-refractivity contribution is 7.86. The molecule has 2 aliphatic heterocycles. The maximum atomic E-state index is 12.4. The van der Waals surface area contributed by atoms with Crippen LogP contribution in [0.1, 0.15) is 12.8 Å². The van der Waals surface area contributed by atoms with Crippen LogP contribution in [0, 0.1) is 5.92 Å². The summed E-state index contributed by atoms with van der Waals surface area (Å²) in [6.45, 7) is 3.09. The zero-order chi connectivity index (χ0) is 12.3. The SMILES string of the molecule is O=S(=O)(N1CCOCC1)N1CCCC(CCl)C1. The summed E-state index contributed by atoms with van der Waals surface area (Å²) in [5.41, 5.74) is 0. The third kappa shape index (κ3) is 3.12. The summed E-state index contributed by atoms with van der Waals surface area (Å²) in [6, 6.07) is 0. The Morgan fingerprint density at radius 2 is 1.88 bits per heavy atom. The maximum absolute atomic E-state index is 12.4. The monoisotopic (exact) mass is 282 g/mol. The second-order valence-electron chi connectivity index (χ2n) is 4.54. The molecule has 17 heavy (non-hydrogen) atoms. The molecule has 1 unspecified atom stereocenters. The van der Waals surface area contributed by atoms with E-state index in [1.165, 1.54) is 4.31 Å². The molecule has 2 aliphatic rings. The van der Waals surface area contributed by atoms with Crippen LogP contribution < -0.4 is 0 Å². The van der Waals surface area contributed by atoms with Gasteiger partial charge in [0, 0.05) is 32.1 Å². The topological polar surface area (TPSA) is 49.9 Å². The first-order valence-corrected chi connectivity index (χ1v) is 7.96. The molecular formula is C10H19ClN2O3S. The lowest BCUT2D eigenvalue weighted by atomic mass is 10.0. The Labute approximate surface area is 108 Å². The predicted octanol–water partition coefficient (Wildman–Crippen LogP) is 0.514. The number of hydrogen-bond acceptors (Lipinski definition) is 3. The summed E-state index contributed by atoms with van der Waals surface area (Å²) < 4.78 is 33.0. The van der Waals surface area contributed by atoms with E-state index >= 15 is 0 Å². The van der Waals surface area contributed by atoms with Crippen molar-refractivity contribution in [3.05, 3.63) is 0 Å². The zero-order valence-corrected chi connectivity index (χ0v) is 11.4. The van der Waals surface area contributed by atoms with Crippen LogP contribution in [-0.2, 0) is 14.9 Å². The van der Waals surface area contributed by atoms with Gasteiger partial charge in [0.25, 0.3) is 10.2 Å². The molecule has 0 bridgehead atoms. The van der Waals surface area contributed by atoms with Crippen molar-refractivity contribution >= 4 is 21.8 Å². The number of alkyl halides is 1. The van der Waals surface area contributed by atoms with E-state index in [1.807, 2.05) is 0 Å². The van der Waals surface area contributed by atoms with Gasteiger partial charge in [-0.3, -0.25) is 0 Å². The Balaban J connectivity index is 2.03. The number of morpholine rings is 1. The van der Waals surface area contributed by atoms with Crippen molar-refractivity contribution in [3.63, 3.8) is 0 Å². The lowest BCUT2D eigenvalue weighted by Gasteiger charge is -2.36. The van der Waals surface area contributed by atoms with Gasteiger partial charge in [-0.25, -0.2) is 0 Å². The van der Waals surface area contributed by atoms with Gasteiger partial charge in [0.2, 0.25) is 0 Å². The van der Waals surface area contributed by atoms with Crippen molar-refractivity contribution in [1.29, 1.82) is 0 Å². The van der Waals surface area contributed by atoms with E-state index in [-0.39, 0.29) is 0 Å². The van der Waals surface area contributed by atoms with E-state index in [4.69, 9.17) is 16.3 Å². The molecule has 2 heterocycles. The Morgan fingerprint density at radius 3 is 2.53 bits per heavy atom. The first kappa shape index (κ1) is 13.5. The van der Waals surface area contributed by atoms with Crippen LogP contribution in [-0.4, -0.2) is 62.3 Å². The summed E-state index contributed by atoms with van der Waals surface area (Å²) in [6.07, 6.45) is 1.93. The van der Waals surface area contributed by atoms with Crippen LogP contribution in [0.5, 0.6) is 0 Å². The van der Waals surface area contributed by atoms with Crippen LogP contribution in [0.15, 0.2) is 0 Å². The third-order valence-electron chi connectivity index (χ3n) is 3.32. The van der Waals surface area contributed by atoms with E-state index in [2.05, 4.69) is 0 Å². The largest absolute Gasteiger partial charge is 0.379 e. The highest BCUT2D eigenvalue weighted by atomic mass is 35.5. The number of rotatable bonds is 3. The molecule has 1 atom stereocenters. The van der Waals surface area contributed by atoms with Crippen LogP contribution in [0.25, 0.3) is 0 Å². The number of piperidine rings is 1. The maximum Gasteiger partial charge on any atom is 0.282 e. The second-order valence-corrected chi connectivity index (χ2v) is 6.78. The predicted molar refractivity (Wildman–Crippen MR) is 66.3 cm³/mol. The molecule has 0 amide bonds. The Morgan fingerprint density at radius 1 is 1.18 bits per heavy atom. The summed E-state index contributed by atoms with van der Waals surface area (Å²) in [5.74, 6) is 0.830. The van der Waals surface area contributed by atoms with Crippen LogP contribution in [0.4, 0.5) is 0 Å². The van der Waals surface area contributed by atoms with Crippen molar-refractivity contribution in [2.75, 3.05) is 45.3 Å². The van der Waals surface area contributed by atoms with Gasteiger partial charge in [-0.2, -0.15) is 17.0 Å². The number of halogens is 1. The van der Waals surface area contributed by atoms with E-state index < -0.39 is 10.2 Å². The molecule has 7 heteroatoms. The second kappa shape index (κ2) is 5.84. The van der Waals surface area contributed by atoms with Gasteiger partial charge < -0.3 is 4.74 Å². The minimum atomic E-state index is -3.30. The summed E-state index contributed by atoms with van der Waals surface area (Å²) in [4.78, 5) is 0. The first-order chi connectivity index (χ1) is 8.14. The standard InChI is InChI=1S/C10H19ClN2O3S/c11-8-10-2-1-3-13(9-10)17(14,15)12-4-6-16-7-5-12/h10H,1-9H2. The molecule has 0 aromatic heterocycles. The lowest BCUT2D eigenvalue weighted by molar-refractivity contribution is 0.0692. The molecule has 2 saturated heterocycles. The van der Waals surface area contributed by atoms with E-state index in [9.17, 15) is 8.42 Å². The molecule has 100 valence electrons. The van der Waals surface area contributed by atoms with Crippen molar-refractivity contribution in [1.82, 2.24) is 8.61 Å². The van der Waals surface area contributed by atoms with Crippen molar-refractivity contribution in [2.24, 2.45) is 5.92 Å². The fourth-order valence-electron chi connectivity index (χ4n) is 2.30. The van der Waals surface area contributed by atoms with Crippen LogP contribution in [0.2, 0.25) is 0 Å². The van der Waals surface area contributed by atoms with Gasteiger partial charge in [-0.15, -0.1) is 11.6 Å². The van der Waals surface area contributed by atoms with Gasteiger partial charge in [0.05, 0.1) is 13.2 Å². The van der Waals surface area contributed by atoms with Crippen molar-refractivity contribution in [2.45, 2.75) is 12.8 Å². The Hall–Kier alpha value is 0.120. The molecule has 0 radical (unpaired) electrons. The van der Waals surface area contributed by atoms with Crippen molar-refractivity contribution in [3.8, 4) is 0 Å². The van der Waals surface area contributed by atoms with Crippen LogP contribution >= 0.6 is 11.6 Å². The van der Waals surface area contributed by atoms with Gasteiger partial charge in [-0.05, 0) is 18.8 Å². The zero-order valence-electron chi connectivity index (χ0n) is 9.85. The molecule has 0 aromatic rings. The first-order valence-electron chi connectivity index (χ1n) is 6.03. The van der Waals surface area contributed by atoms with Gasteiger partial charge in [0.15, 0.2) is 0 Å². The van der Waals surface area contributed by atoms with Gasteiger partial charge in [-0.1, -0.05) is 0 Å². The van der Waals surface area contributed by atoms with Gasteiger partial charge >= 0.3 is 0 Å². The van der Waals surface area contributed by atoms with E-state index in [0.29, 0.717) is 51.2 Å². The number of hydrogen-bond donors (Lipinski definition) is 0. The average molecular weight is 283 g/mol. The minimum Gasteiger partial charge on any atom is -0.379 e. The highest BCUT2D eigenvalue weighted by Crippen LogP contribution is 2.22. The lowest BCUT2D eigenvalue weighted by Crippen LogP contribution is -2.51. The summed E-state index contributed by atoms with van der Waals surface area (Å²) in [5, 5.41) is 0. The molecular weight excluding hydrogens is 264 g/mol. The molecule has 0 aliphatic carbocycles. The normalized spacial score (nSPS) is 29.4. The Kier molecular flexibility index (Phi) is 4.65. The fourth-order valence-corrected chi connectivity index (χ4v) is 4.25. The smallest absolute Gasteiger partial charge is 0.282 e. The average Bonchev–Trinajstić information content (AvgIpc) is 2.40. The summed E-state index contributed by atoms with van der Waals surface area (Å²) in [7, 11) is -3.30. The molecule has 0 spiro atoms. The molecule has 0 N–H and O–H groups in total. The number of nitrogens with zero attached hydrogens (tertiary/aromatic N) is 2. The van der Waals surface area contributed by atoms with Crippen molar-refractivity contribution < 1.29 is 13.2 Å². The minimum absolute atomic E-state index is 0.293. The molecule has 2 rings (SSSR count). The molecule has 0 saturated carbocycles. The fraction of sp³-hybridized carbons (Fsp3) is 1.00. The molecule has 5 nitrogen and oxygen atoms in total. The Bertz CT molecular complexity index is 343.